The summed E-state index contributed by atoms with van der Waals surface area (Å²) in [5, 5.41) is 2.78. The van der Waals surface area contributed by atoms with Crippen molar-refractivity contribution in [3.8, 4) is 0 Å². The van der Waals surface area contributed by atoms with Gasteiger partial charge in [0, 0.05) is 19.3 Å². The topological polar surface area (TPSA) is 113 Å². The van der Waals surface area contributed by atoms with E-state index in [0.29, 0.717) is 24.8 Å². The molecular weight excluding hydrogens is 404 g/mol. The molecule has 1 aliphatic heterocycles. The van der Waals surface area contributed by atoms with Crippen molar-refractivity contribution >= 4 is 27.0 Å². The molecule has 0 saturated carbocycles. The number of aryl methyl sites for hydroxylation is 1. The molecule has 0 spiro atoms. The monoisotopic (exact) mass is 430 g/mol. The highest BCUT2D eigenvalue weighted by Crippen LogP contribution is 2.22. The molecule has 4 rings (SSSR count). The van der Waals surface area contributed by atoms with Crippen LogP contribution in [-0.4, -0.2) is 51.2 Å². The van der Waals surface area contributed by atoms with Gasteiger partial charge in [0.1, 0.15) is 12.4 Å². The summed E-state index contributed by atoms with van der Waals surface area (Å²) < 4.78 is 28.5. The van der Waals surface area contributed by atoms with E-state index in [1.54, 1.807) is 0 Å². The lowest BCUT2D eigenvalue weighted by Crippen LogP contribution is -2.38. The van der Waals surface area contributed by atoms with Crippen LogP contribution in [0.4, 0.5) is 0 Å². The van der Waals surface area contributed by atoms with E-state index in [9.17, 15) is 13.2 Å². The Kier molecular flexibility index (Phi) is 5.61. The predicted octanol–water partition coefficient (Wildman–Crippen LogP) is 1.80. The van der Waals surface area contributed by atoms with E-state index in [1.807, 2.05) is 25.1 Å². The van der Waals surface area contributed by atoms with Crippen LogP contribution in [-0.2, 0) is 27.9 Å². The largest absolute Gasteiger partial charge is 0.347 e. The SMILES string of the molecule is Cc1ccc2nc(CNC(=O)Cn3cnc(S(=O)(=O)N4CCC(C)CC4)c3)[nH]c2c1. The van der Waals surface area contributed by atoms with Gasteiger partial charge in [-0.15, -0.1) is 0 Å². The number of carbonyl (C=O) groups excluding carboxylic acids is 1. The Balaban J connectivity index is 1.35. The maximum Gasteiger partial charge on any atom is 0.262 e. The second kappa shape index (κ2) is 8.19. The summed E-state index contributed by atoms with van der Waals surface area (Å²) in [4.78, 5) is 24.0. The van der Waals surface area contributed by atoms with E-state index in [4.69, 9.17) is 0 Å². The summed E-state index contributed by atoms with van der Waals surface area (Å²) in [7, 11) is -3.62. The maximum atomic E-state index is 12.8. The molecule has 2 aromatic heterocycles. The van der Waals surface area contributed by atoms with Crippen LogP contribution in [0.3, 0.4) is 0 Å². The van der Waals surface area contributed by atoms with Gasteiger partial charge in [-0.25, -0.2) is 18.4 Å². The molecule has 0 radical (unpaired) electrons. The van der Waals surface area contributed by atoms with E-state index in [2.05, 4.69) is 27.2 Å². The van der Waals surface area contributed by atoms with E-state index >= 15 is 0 Å². The van der Waals surface area contributed by atoms with Crippen LogP contribution in [0.15, 0.2) is 35.7 Å². The van der Waals surface area contributed by atoms with Gasteiger partial charge < -0.3 is 14.9 Å². The quantitative estimate of drug-likeness (QED) is 0.619. The van der Waals surface area contributed by atoms with Crippen LogP contribution in [0, 0.1) is 12.8 Å². The van der Waals surface area contributed by atoms with Crippen molar-refractivity contribution in [2.45, 2.75) is 44.8 Å². The Labute approximate surface area is 175 Å². The molecule has 0 atom stereocenters. The number of aromatic nitrogens is 4. The second-order valence-electron chi connectivity index (χ2n) is 7.95. The average Bonchev–Trinajstić information content (AvgIpc) is 3.33. The standard InChI is InChI=1S/C20H26N6O3S/c1-14-5-7-26(8-6-14)30(28,29)20-12-25(13-22-20)11-19(27)21-10-18-23-16-4-3-15(2)9-17(16)24-18/h3-4,9,12-14H,5-8,10-11H2,1-2H3,(H,21,27)(H,23,24). The van der Waals surface area contributed by atoms with Gasteiger partial charge in [-0.05, 0) is 43.4 Å². The number of fused-ring (bicyclic) bond motifs is 1. The molecule has 1 aliphatic rings. The molecule has 3 heterocycles. The number of hydrogen-bond acceptors (Lipinski definition) is 5. The molecule has 1 aromatic carbocycles. The van der Waals surface area contributed by atoms with Crippen LogP contribution in [0.25, 0.3) is 11.0 Å². The van der Waals surface area contributed by atoms with Crippen molar-refractivity contribution in [1.82, 2.24) is 29.1 Å². The fourth-order valence-corrected chi connectivity index (χ4v) is 4.99. The second-order valence-corrected chi connectivity index (χ2v) is 9.84. The van der Waals surface area contributed by atoms with E-state index in [1.165, 1.54) is 21.4 Å². The first kappa shape index (κ1) is 20.5. The molecule has 1 fully saturated rings. The fourth-order valence-electron chi connectivity index (χ4n) is 3.58. The first-order valence-electron chi connectivity index (χ1n) is 10.0. The normalized spacial score (nSPS) is 16.2. The molecule has 0 aliphatic carbocycles. The minimum Gasteiger partial charge on any atom is -0.347 e. The number of sulfonamides is 1. The highest BCUT2D eigenvalue weighted by molar-refractivity contribution is 7.89. The first-order valence-corrected chi connectivity index (χ1v) is 11.5. The number of imidazole rings is 2. The third-order valence-corrected chi connectivity index (χ3v) is 7.21. The third-order valence-electron chi connectivity index (χ3n) is 5.42. The number of carbonyl (C=O) groups is 1. The minimum atomic E-state index is -3.62. The van der Waals surface area contributed by atoms with Crippen molar-refractivity contribution in [2.24, 2.45) is 5.92 Å². The zero-order valence-corrected chi connectivity index (χ0v) is 17.9. The van der Waals surface area contributed by atoms with Crippen molar-refractivity contribution in [2.75, 3.05) is 13.1 Å². The van der Waals surface area contributed by atoms with Crippen LogP contribution in [0.1, 0.15) is 31.2 Å². The lowest BCUT2D eigenvalue weighted by Gasteiger charge is -2.28. The van der Waals surface area contributed by atoms with Gasteiger partial charge in [0.15, 0.2) is 5.03 Å². The lowest BCUT2D eigenvalue weighted by atomic mass is 10.0. The predicted molar refractivity (Wildman–Crippen MR) is 112 cm³/mol. The number of rotatable bonds is 6. The Bertz CT molecular complexity index is 1160. The van der Waals surface area contributed by atoms with Crippen LogP contribution in [0.5, 0.6) is 0 Å². The third kappa shape index (κ3) is 4.39. The fraction of sp³-hybridized carbons (Fsp3) is 0.450. The minimum absolute atomic E-state index is 0.0150. The van der Waals surface area contributed by atoms with E-state index in [-0.39, 0.29) is 24.0 Å². The van der Waals surface area contributed by atoms with E-state index < -0.39 is 10.0 Å². The molecule has 3 aromatic rings. The maximum absolute atomic E-state index is 12.8. The van der Waals surface area contributed by atoms with Gasteiger partial charge in [-0.1, -0.05) is 13.0 Å². The summed E-state index contributed by atoms with van der Waals surface area (Å²) in [6, 6.07) is 5.92. The number of piperidine rings is 1. The summed E-state index contributed by atoms with van der Waals surface area (Å²) in [6.45, 7) is 5.40. The van der Waals surface area contributed by atoms with Crippen molar-refractivity contribution in [1.29, 1.82) is 0 Å². The van der Waals surface area contributed by atoms with Crippen LogP contribution >= 0.6 is 0 Å². The Morgan fingerprint density at radius 2 is 2.07 bits per heavy atom. The molecule has 30 heavy (non-hydrogen) atoms. The zero-order chi connectivity index (χ0) is 21.3. The van der Waals surface area contributed by atoms with Crippen molar-refractivity contribution in [3.63, 3.8) is 0 Å². The van der Waals surface area contributed by atoms with Gasteiger partial charge >= 0.3 is 0 Å². The molecule has 1 amide bonds. The summed E-state index contributed by atoms with van der Waals surface area (Å²) in [5.41, 5.74) is 2.91. The highest BCUT2D eigenvalue weighted by atomic mass is 32.2. The Morgan fingerprint density at radius 1 is 1.30 bits per heavy atom. The number of nitrogens with one attached hydrogen (secondary N) is 2. The Morgan fingerprint density at radius 3 is 2.83 bits per heavy atom. The summed E-state index contributed by atoms with van der Waals surface area (Å²) in [5.74, 6) is 0.949. The zero-order valence-electron chi connectivity index (χ0n) is 17.1. The number of benzene rings is 1. The number of nitrogens with zero attached hydrogens (tertiary/aromatic N) is 4. The summed E-state index contributed by atoms with van der Waals surface area (Å²) in [6.07, 6.45) is 4.49. The van der Waals surface area contributed by atoms with Crippen LogP contribution < -0.4 is 5.32 Å². The molecule has 0 unspecified atom stereocenters. The van der Waals surface area contributed by atoms with Crippen molar-refractivity contribution < 1.29 is 13.2 Å². The van der Waals surface area contributed by atoms with Gasteiger partial charge in [0.2, 0.25) is 5.91 Å². The first-order chi connectivity index (χ1) is 14.3. The van der Waals surface area contributed by atoms with Crippen molar-refractivity contribution in [3.05, 3.63) is 42.1 Å². The molecule has 160 valence electrons. The van der Waals surface area contributed by atoms with E-state index in [0.717, 1.165) is 29.4 Å². The number of hydrogen-bond donors (Lipinski definition) is 2. The van der Waals surface area contributed by atoms with Gasteiger partial charge in [0.05, 0.1) is 23.9 Å². The number of H-pyrrole nitrogens is 1. The van der Waals surface area contributed by atoms with Crippen LogP contribution in [0.2, 0.25) is 0 Å². The molecule has 0 bridgehead atoms. The smallest absolute Gasteiger partial charge is 0.262 e. The van der Waals surface area contributed by atoms with Gasteiger partial charge in [-0.3, -0.25) is 4.79 Å². The molecular formula is C20H26N6O3S. The van der Waals surface area contributed by atoms with Gasteiger partial charge in [0.25, 0.3) is 10.0 Å². The summed E-state index contributed by atoms with van der Waals surface area (Å²) >= 11 is 0. The molecule has 2 N–H and O–H groups in total. The average molecular weight is 431 g/mol. The van der Waals surface area contributed by atoms with Gasteiger partial charge in [-0.2, -0.15) is 4.31 Å². The molecule has 9 nitrogen and oxygen atoms in total. The highest BCUT2D eigenvalue weighted by Gasteiger charge is 2.29. The Hall–Kier alpha value is -2.72. The number of aromatic amines is 1. The number of amides is 1. The molecule has 10 heteroatoms. The lowest BCUT2D eigenvalue weighted by molar-refractivity contribution is -0.121. The molecule has 1 saturated heterocycles.